The normalized spacial score (nSPS) is 30.3. The fourth-order valence-electron chi connectivity index (χ4n) is 3.73. The highest BCUT2D eigenvalue weighted by Crippen LogP contribution is 2.41. The molecule has 3 rings (SSSR count). The Morgan fingerprint density at radius 1 is 1.26 bits per heavy atom. The van der Waals surface area contributed by atoms with Gasteiger partial charge < -0.3 is 9.80 Å². The van der Waals surface area contributed by atoms with Crippen LogP contribution in [-0.2, 0) is 0 Å². The highest BCUT2D eigenvalue weighted by molar-refractivity contribution is 5.44. The van der Waals surface area contributed by atoms with E-state index >= 15 is 0 Å². The van der Waals surface area contributed by atoms with Crippen LogP contribution in [0.2, 0.25) is 0 Å². The Morgan fingerprint density at radius 2 is 2.05 bits per heavy atom. The lowest BCUT2D eigenvalue weighted by molar-refractivity contribution is 0.293. The lowest BCUT2D eigenvalue weighted by Gasteiger charge is -2.32. The van der Waals surface area contributed by atoms with E-state index in [2.05, 4.69) is 16.8 Å². The number of aromatic nitrogens is 2. The second kappa shape index (κ2) is 4.99. The van der Waals surface area contributed by atoms with E-state index < -0.39 is 0 Å². The van der Waals surface area contributed by atoms with E-state index in [0.29, 0.717) is 6.04 Å². The molecule has 0 amide bonds. The molecule has 104 valence electrons. The average Bonchev–Trinajstić information content (AvgIpc) is 2.77. The largest absolute Gasteiger partial charge is 0.363 e. The van der Waals surface area contributed by atoms with Gasteiger partial charge in [-0.15, -0.1) is 0 Å². The monoisotopic (exact) mass is 260 g/mol. The molecule has 4 nitrogen and oxygen atoms in total. The molecule has 0 aromatic carbocycles. The maximum Gasteiger partial charge on any atom is 0.227 e. The molecular weight excluding hydrogens is 236 g/mol. The maximum absolute atomic E-state index is 4.72. The van der Waals surface area contributed by atoms with Gasteiger partial charge in [-0.05, 0) is 30.7 Å². The van der Waals surface area contributed by atoms with Gasteiger partial charge in [-0.25, -0.2) is 4.98 Å². The smallest absolute Gasteiger partial charge is 0.227 e. The van der Waals surface area contributed by atoms with Crippen LogP contribution in [0.1, 0.15) is 32.6 Å². The molecule has 0 N–H and O–H groups in total. The molecular formula is C15H24N4. The third-order valence-electron chi connectivity index (χ3n) is 4.74. The second-order valence-electron chi connectivity index (χ2n) is 6.25. The molecule has 2 fully saturated rings. The Bertz CT molecular complexity index is 446. The van der Waals surface area contributed by atoms with Crippen molar-refractivity contribution in [3.63, 3.8) is 0 Å². The zero-order chi connectivity index (χ0) is 13.4. The van der Waals surface area contributed by atoms with Crippen LogP contribution in [0.15, 0.2) is 12.3 Å². The first-order valence-corrected chi connectivity index (χ1v) is 7.44. The van der Waals surface area contributed by atoms with Crippen molar-refractivity contribution >= 4 is 11.8 Å². The van der Waals surface area contributed by atoms with Gasteiger partial charge in [0.15, 0.2) is 0 Å². The predicted octanol–water partition coefficient (Wildman–Crippen LogP) is 2.56. The summed E-state index contributed by atoms with van der Waals surface area (Å²) in [5.74, 6) is 3.54. The Hall–Kier alpha value is -1.32. The van der Waals surface area contributed by atoms with Crippen molar-refractivity contribution in [1.82, 2.24) is 9.97 Å². The van der Waals surface area contributed by atoms with Crippen molar-refractivity contribution < 1.29 is 0 Å². The maximum atomic E-state index is 4.72. The summed E-state index contributed by atoms with van der Waals surface area (Å²) in [6.07, 6.45) is 7.34. The molecule has 1 saturated carbocycles. The first-order valence-electron chi connectivity index (χ1n) is 7.44. The molecule has 1 aliphatic heterocycles. The van der Waals surface area contributed by atoms with Gasteiger partial charge in [0, 0.05) is 32.9 Å². The fourth-order valence-corrected chi connectivity index (χ4v) is 3.73. The van der Waals surface area contributed by atoms with E-state index in [4.69, 9.17) is 4.98 Å². The van der Waals surface area contributed by atoms with Crippen LogP contribution >= 0.6 is 0 Å². The summed E-state index contributed by atoms with van der Waals surface area (Å²) in [6.45, 7) is 3.50. The van der Waals surface area contributed by atoms with E-state index in [-0.39, 0.29) is 0 Å². The highest BCUT2D eigenvalue weighted by Gasteiger charge is 2.41. The molecule has 4 heteroatoms. The molecule has 1 aromatic heterocycles. The third kappa shape index (κ3) is 2.28. The minimum atomic E-state index is 0.668. The summed E-state index contributed by atoms with van der Waals surface area (Å²) in [5, 5.41) is 0. The van der Waals surface area contributed by atoms with Crippen LogP contribution in [0.4, 0.5) is 11.8 Å². The third-order valence-corrected chi connectivity index (χ3v) is 4.74. The lowest BCUT2D eigenvalue weighted by Crippen LogP contribution is -2.36. The Morgan fingerprint density at radius 3 is 2.84 bits per heavy atom. The van der Waals surface area contributed by atoms with Gasteiger partial charge in [0.25, 0.3) is 0 Å². The van der Waals surface area contributed by atoms with Crippen molar-refractivity contribution in [3.8, 4) is 0 Å². The predicted molar refractivity (Wildman–Crippen MR) is 78.6 cm³/mol. The molecule has 19 heavy (non-hydrogen) atoms. The average molecular weight is 260 g/mol. The molecule has 1 aliphatic carbocycles. The number of nitrogens with zero attached hydrogens (tertiary/aromatic N) is 4. The molecule has 0 radical (unpaired) electrons. The SMILES string of the molecule is CC1CN(c2nccc(N(C)C)n2)C2CCCCC12. The van der Waals surface area contributed by atoms with E-state index in [1.54, 1.807) is 0 Å². The molecule has 3 unspecified atom stereocenters. The van der Waals surface area contributed by atoms with Crippen LogP contribution in [0.25, 0.3) is 0 Å². The number of fused-ring (bicyclic) bond motifs is 1. The number of hydrogen-bond acceptors (Lipinski definition) is 4. The molecule has 3 atom stereocenters. The van der Waals surface area contributed by atoms with Gasteiger partial charge in [-0.3, -0.25) is 0 Å². The fraction of sp³-hybridized carbons (Fsp3) is 0.733. The Balaban J connectivity index is 1.87. The van der Waals surface area contributed by atoms with Crippen molar-refractivity contribution in [2.24, 2.45) is 11.8 Å². The molecule has 2 heterocycles. The molecule has 0 bridgehead atoms. The number of anilines is 2. The van der Waals surface area contributed by atoms with Gasteiger partial charge in [0.05, 0.1) is 0 Å². The van der Waals surface area contributed by atoms with Gasteiger partial charge >= 0.3 is 0 Å². The summed E-state index contributed by atoms with van der Waals surface area (Å²) >= 11 is 0. The molecule has 0 spiro atoms. The summed E-state index contributed by atoms with van der Waals surface area (Å²) in [4.78, 5) is 13.7. The zero-order valence-corrected chi connectivity index (χ0v) is 12.2. The zero-order valence-electron chi connectivity index (χ0n) is 12.2. The van der Waals surface area contributed by atoms with Gasteiger partial charge in [0.1, 0.15) is 5.82 Å². The first-order chi connectivity index (χ1) is 9.16. The first kappa shape index (κ1) is 12.7. The Labute approximate surface area is 115 Å². The van der Waals surface area contributed by atoms with Crippen molar-refractivity contribution in [1.29, 1.82) is 0 Å². The summed E-state index contributed by atoms with van der Waals surface area (Å²) in [5.41, 5.74) is 0. The van der Waals surface area contributed by atoms with Crippen LogP contribution in [-0.4, -0.2) is 36.6 Å². The standard InChI is InChI=1S/C15H24N4/c1-11-10-19(13-7-5-4-6-12(11)13)15-16-9-8-14(17-15)18(2)3/h8-9,11-13H,4-7,10H2,1-3H3. The van der Waals surface area contributed by atoms with Crippen LogP contribution in [0, 0.1) is 11.8 Å². The topological polar surface area (TPSA) is 32.3 Å². The van der Waals surface area contributed by atoms with E-state index in [1.165, 1.54) is 25.7 Å². The summed E-state index contributed by atoms with van der Waals surface area (Å²) < 4.78 is 0. The van der Waals surface area contributed by atoms with Crippen LogP contribution in [0.5, 0.6) is 0 Å². The van der Waals surface area contributed by atoms with Crippen LogP contribution in [0.3, 0.4) is 0 Å². The summed E-state index contributed by atoms with van der Waals surface area (Å²) in [7, 11) is 4.06. The van der Waals surface area contributed by atoms with Crippen LogP contribution < -0.4 is 9.80 Å². The van der Waals surface area contributed by atoms with Gasteiger partial charge in [-0.1, -0.05) is 19.8 Å². The van der Waals surface area contributed by atoms with E-state index in [9.17, 15) is 0 Å². The number of rotatable bonds is 2. The van der Waals surface area contributed by atoms with E-state index in [0.717, 1.165) is 30.1 Å². The van der Waals surface area contributed by atoms with Crippen molar-refractivity contribution in [2.75, 3.05) is 30.4 Å². The highest BCUT2D eigenvalue weighted by atomic mass is 15.3. The van der Waals surface area contributed by atoms with Crippen molar-refractivity contribution in [3.05, 3.63) is 12.3 Å². The quantitative estimate of drug-likeness (QED) is 0.818. The minimum absolute atomic E-state index is 0.668. The van der Waals surface area contributed by atoms with Gasteiger partial charge in [0.2, 0.25) is 5.95 Å². The van der Waals surface area contributed by atoms with Gasteiger partial charge in [-0.2, -0.15) is 4.98 Å². The van der Waals surface area contributed by atoms with Crippen molar-refractivity contribution in [2.45, 2.75) is 38.6 Å². The lowest BCUT2D eigenvalue weighted by atomic mass is 9.80. The second-order valence-corrected chi connectivity index (χ2v) is 6.25. The molecule has 1 saturated heterocycles. The Kier molecular flexibility index (Phi) is 3.33. The molecule has 1 aromatic rings. The van der Waals surface area contributed by atoms with E-state index in [1.807, 2.05) is 31.3 Å². The molecule has 2 aliphatic rings. The number of hydrogen-bond donors (Lipinski definition) is 0. The summed E-state index contributed by atoms with van der Waals surface area (Å²) in [6, 6.07) is 2.64. The minimum Gasteiger partial charge on any atom is -0.363 e.